The lowest BCUT2D eigenvalue weighted by Gasteiger charge is -2.19. The maximum absolute atomic E-state index is 5.94. The molecule has 0 spiro atoms. The molecule has 2 rings (SSSR count). The van der Waals surface area contributed by atoms with E-state index in [1.54, 1.807) is 0 Å². The zero-order valence-electron chi connectivity index (χ0n) is 7.33. The summed E-state index contributed by atoms with van der Waals surface area (Å²) < 4.78 is 0. The average molecular weight is 197 g/mol. The molecule has 70 valence electrons. The Morgan fingerprint density at radius 1 is 1.54 bits per heavy atom. The van der Waals surface area contributed by atoms with Gasteiger partial charge in [0, 0.05) is 11.0 Å². The van der Waals surface area contributed by atoms with Crippen LogP contribution in [0.25, 0.3) is 0 Å². The van der Waals surface area contributed by atoms with E-state index in [0.29, 0.717) is 18.5 Å². The van der Waals surface area contributed by atoms with E-state index in [2.05, 4.69) is 23.7 Å². The minimum atomic E-state index is 0.393. The van der Waals surface area contributed by atoms with Crippen molar-refractivity contribution >= 4 is 11.6 Å². The Hall–Kier alpha value is -0.730. The van der Waals surface area contributed by atoms with Crippen LogP contribution < -0.4 is 11.1 Å². The number of rotatable bonds is 2. The van der Waals surface area contributed by atoms with Gasteiger partial charge >= 0.3 is 0 Å². The predicted molar refractivity (Wildman–Crippen MR) is 55.2 cm³/mol. The van der Waals surface area contributed by atoms with Crippen LogP contribution >= 0.6 is 11.6 Å². The van der Waals surface area contributed by atoms with Crippen LogP contribution in [0.5, 0.6) is 0 Å². The Labute approximate surface area is 83.1 Å². The molecule has 1 aliphatic carbocycles. The first-order valence-electron chi connectivity index (χ1n) is 4.52. The Balaban J connectivity index is 2.15. The average Bonchev–Trinajstić information content (AvgIpc) is 2.49. The van der Waals surface area contributed by atoms with Crippen molar-refractivity contribution in [2.24, 2.45) is 11.7 Å². The highest BCUT2D eigenvalue weighted by Crippen LogP contribution is 2.30. The molecule has 1 heterocycles. The van der Waals surface area contributed by atoms with E-state index >= 15 is 0 Å². The van der Waals surface area contributed by atoms with Gasteiger partial charge in [0.15, 0.2) is 0 Å². The fraction of sp³-hybridized carbons (Fsp3) is 0.400. The summed E-state index contributed by atoms with van der Waals surface area (Å²) in [4.78, 5) is 0. The minimum Gasteiger partial charge on any atom is -0.384 e. The highest BCUT2D eigenvalue weighted by Gasteiger charge is 2.27. The molecule has 2 nitrogen and oxygen atoms in total. The van der Waals surface area contributed by atoms with Crippen LogP contribution in [0.1, 0.15) is 6.42 Å². The Bertz CT molecular complexity index is 291. The van der Waals surface area contributed by atoms with E-state index in [-0.39, 0.29) is 0 Å². The van der Waals surface area contributed by atoms with Crippen LogP contribution in [0.4, 0.5) is 0 Å². The number of halogens is 1. The van der Waals surface area contributed by atoms with Gasteiger partial charge in [0.25, 0.3) is 0 Å². The molecule has 2 aliphatic rings. The molecule has 3 heteroatoms. The quantitative estimate of drug-likeness (QED) is 0.703. The number of nitrogens with two attached hydrogens (primary N) is 1. The van der Waals surface area contributed by atoms with Gasteiger partial charge in [-0.2, -0.15) is 0 Å². The van der Waals surface area contributed by atoms with Crippen LogP contribution in [0.3, 0.4) is 0 Å². The van der Waals surface area contributed by atoms with Crippen LogP contribution in [-0.4, -0.2) is 12.6 Å². The molecule has 0 amide bonds. The summed E-state index contributed by atoms with van der Waals surface area (Å²) in [5, 5.41) is 4.13. The number of fused-ring (bicyclic) bond motifs is 1. The molecule has 2 atom stereocenters. The standard InChI is InChI=1S/C10H13ClN2/c11-8-1-2-10-9(5-8)7(3-4-12)6-13-10/h1-2,5-6,9-10,13H,3-4,12H2. The van der Waals surface area contributed by atoms with E-state index in [9.17, 15) is 0 Å². The molecule has 0 fully saturated rings. The third kappa shape index (κ3) is 1.64. The Kier molecular flexibility index (Phi) is 2.42. The molecule has 0 bridgehead atoms. The first-order chi connectivity index (χ1) is 6.31. The van der Waals surface area contributed by atoms with Crippen LogP contribution in [0, 0.1) is 5.92 Å². The third-order valence-electron chi connectivity index (χ3n) is 2.51. The Morgan fingerprint density at radius 2 is 2.38 bits per heavy atom. The summed E-state index contributed by atoms with van der Waals surface area (Å²) >= 11 is 5.94. The second-order valence-corrected chi connectivity index (χ2v) is 3.82. The summed E-state index contributed by atoms with van der Waals surface area (Å²) in [5.41, 5.74) is 6.88. The highest BCUT2D eigenvalue weighted by molar-refractivity contribution is 6.31. The number of allylic oxidation sites excluding steroid dienone is 2. The largest absolute Gasteiger partial charge is 0.384 e. The summed E-state index contributed by atoms with van der Waals surface area (Å²) in [6, 6.07) is 0.393. The molecule has 13 heavy (non-hydrogen) atoms. The monoisotopic (exact) mass is 196 g/mol. The first-order valence-corrected chi connectivity index (χ1v) is 4.89. The summed E-state index contributed by atoms with van der Waals surface area (Å²) in [6.45, 7) is 0.700. The Morgan fingerprint density at radius 3 is 3.15 bits per heavy atom. The molecule has 1 aliphatic heterocycles. The molecular formula is C10H13ClN2. The van der Waals surface area contributed by atoms with Gasteiger partial charge in [-0.15, -0.1) is 0 Å². The van der Waals surface area contributed by atoms with Gasteiger partial charge in [-0.25, -0.2) is 0 Å². The van der Waals surface area contributed by atoms with Gasteiger partial charge in [0.2, 0.25) is 0 Å². The smallest absolute Gasteiger partial charge is 0.0543 e. The van der Waals surface area contributed by atoms with E-state index in [4.69, 9.17) is 17.3 Å². The fourth-order valence-corrected chi connectivity index (χ4v) is 2.06. The first kappa shape index (κ1) is 8.85. The highest BCUT2D eigenvalue weighted by atomic mass is 35.5. The summed E-state index contributed by atoms with van der Waals surface area (Å²) in [6.07, 6.45) is 9.15. The van der Waals surface area contributed by atoms with Crippen molar-refractivity contribution in [2.75, 3.05) is 6.54 Å². The van der Waals surface area contributed by atoms with E-state index in [0.717, 1.165) is 11.5 Å². The normalized spacial score (nSPS) is 30.6. The number of nitrogens with one attached hydrogen (secondary N) is 1. The van der Waals surface area contributed by atoms with E-state index < -0.39 is 0 Å². The lowest BCUT2D eigenvalue weighted by Crippen LogP contribution is -2.25. The van der Waals surface area contributed by atoms with Crippen molar-refractivity contribution in [2.45, 2.75) is 12.5 Å². The summed E-state index contributed by atoms with van der Waals surface area (Å²) in [7, 11) is 0. The second-order valence-electron chi connectivity index (χ2n) is 3.39. The molecule has 0 saturated carbocycles. The molecule has 3 N–H and O–H groups in total. The second kappa shape index (κ2) is 3.56. The number of hydrogen-bond donors (Lipinski definition) is 2. The minimum absolute atomic E-state index is 0.393. The van der Waals surface area contributed by atoms with Crippen LogP contribution in [0.2, 0.25) is 0 Å². The van der Waals surface area contributed by atoms with E-state index in [1.165, 1.54) is 5.57 Å². The molecule has 0 aromatic heterocycles. The fourth-order valence-electron chi connectivity index (χ4n) is 1.85. The van der Waals surface area contributed by atoms with Crippen molar-refractivity contribution in [3.63, 3.8) is 0 Å². The molecule has 0 saturated heterocycles. The molecule has 0 aromatic carbocycles. The van der Waals surface area contributed by atoms with Crippen molar-refractivity contribution in [1.82, 2.24) is 5.32 Å². The lowest BCUT2D eigenvalue weighted by atomic mass is 9.90. The molecule has 2 unspecified atom stereocenters. The maximum Gasteiger partial charge on any atom is 0.0543 e. The van der Waals surface area contributed by atoms with Gasteiger partial charge in [0.05, 0.1) is 6.04 Å². The van der Waals surface area contributed by atoms with Crippen molar-refractivity contribution < 1.29 is 0 Å². The zero-order valence-corrected chi connectivity index (χ0v) is 8.09. The lowest BCUT2D eigenvalue weighted by molar-refractivity contribution is 0.617. The predicted octanol–water partition coefficient (Wildman–Crippen LogP) is 1.50. The van der Waals surface area contributed by atoms with Crippen molar-refractivity contribution in [3.8, 4) is 0 Å². The van der Waals surface area contributed by atoms with Gasteiger partial charge in [0.1, 0.15) is 0 Å². The molecule has 0 aromatic rings. The summed E-state index contributed by atoms with van der Waals surface area (Å²) in [5.74, 6) is 0.418. The van der Waals surface area contributed by atoms with E-state index in [1.807, 2.05) is 6.08 Å². The van der Waals surface area contributed by atoms with Gasteiger partial charge < -0.3 is 11.1 Å². The molecule has 0 radical (unpaired) electrons. The zero-order chi connectivity index (χ0) is 9.26. The number of hydrogen-bond acceptors (Lipinski definition) is 2. The third-order valence-corrected chi connectivity index (χ3v) is 2.76. The van der Waals surface area contributed by atoms with Crippen LogP contribution in [-0.2, 0) is 0 Å². The maximum atomic E-state index is 5.94. The van der Waals surface area contributed by atoms with Crippen molar-refractivity contribution in [1.29, 1.82) is 0 Å². The molecular weight excluding hydrogens is 184 g/mol. The van der Waals surface area contributed by atoms with Gasteiger partial charge in [-0.05, 0) is 30.8 Å². The van der Waals surface area contributed by atoms with Gasteiger partial charge in [-0.3, -0.25) is 0 Å². The SMILES string of the molecule is NCCC1=CNC2C=CC(Cl)=CC12. The van der Waals surface area contributed by atoms with Crippen LogP contribution in [0.15, 0.2) is 35.0 Å². The van der Waals surface area contributed by atoms with Crippen molar-refractivity contribution in [3.05, 3.63) is 35.0 Å². The van der Waals surface area contributed by atoms with Gasteiger partial charge in [-0.1, -0.05) is 23.8 Å². The topological polar surface area (TPSA) is 38.0 Å².